The van der Waals surface area contributed by atoms with Crippen LogP contribution in [0.2, 0.25) is 0 Å². The maximum absolute atomic E-state index is 13.2. The van der Waals surface area contributed by atoms with Gasteiger partial charge in [0.25, 0.3) is 0 Å². The SMILES string of the molecule is Nc1n[nH]c(CNS(=O)(=O)c2ccc(F)cc2)c1N=Nc1cccc(F)c1. The molecule has 3 aromatic rings. The van der Waals surface area contributed by atoms with E-state index in [1.807, 2.05) is 0 Å². The highest BCUT2D eigenvalue weighted by molar-refractivity contribution is 7.89. The van der Waals surface area contributed by atoms with Crippen molar-refractivity contribution in [3.8, 4) is 0 Å². The maximum atomic E-state index is 13.2. The Balaban J connectivity index is 1.77. The van der Waals surface area contributed by atoms with Crippen LogP contribution in [0.3, 0.4) is 0 Å². The summed E-state index contributed by atoms with van der Waals surface area (Å²) < 4.78 is 53.0. The zero-order valence-corrected chi connectivity index (χ0v) is 14.5. The quantitative estimate of drug-likeness (QED) is 0.557. The van der Waals surface area contributed by atoms with Crippen molar-refractivity contribution in [1.29, 1.82) is 0 Å². The number of hydrogen-bond donors (Lipinski definition) is 3. The largest absolute Gasteiger partial charge is 0.380 e. The first-order chi connectivity index (χ1) is 12.8. The highest BCUT2D eigenvalue weighted by atomic mass is 32.2. The predicted octanol–water partition coefficient (Wildman–Crippen LogP) is 3.16. The summed E-state index contributed by atoms with van der Waals surface area (Å²) in [4.78, 5) is -0.0978. The minimum absolute atomic E-state index is 0.00568. The topological polar surface area (TPSA) is 126 Å². The molecule has 0 atom stereocenters. The number of sulfonamides is 1. The Morgan fingerprint density at radius 3 is 2.52 bits per heavy atom. The minimum atomic E-state index is -3.88. The van der Waals surface area contributed by atoms with E-state index in [1.165, 1.54) is 18.2 Å². The van der Waals surface area contributed by atoms with Crippen molar-refractivity contribution in [3.05, 3.63) is 65.9 Å². The van der Waals surface area contributed by atoms with Gasteiger partial charge in [-0.05, 0) is 36.4 Å². The third-order valence-corrected chi connectivity index (χ3v) is 4.89. The Hall–Kier alpha value is -3.18. The molecule has 0 unspecified atom stereocenters. The van der Waals surface area contributed by atoms with Crippen LogP contribution in [0.15, 0.2) is 63.7 Å². The molecule has 0 saturated heterocycles. The first kappa shape index (κ1) is 18.6. The number of aromatic nitrogens is 2. The van der Waals surface area contributed by atoms with Crippen LogP contribution >= 0.6 is 0 Å². The number of halogens is 2. The highest BCUT2D eigenvalue weighted by Gasteiger charge is 2.17. The second-order valence-corrected chi connectivity index (χ2v) is 7.16. The van der Waals surface area contributed by atoms with Gasteiger partial charge in [-0.3, -0.25) is 5.10 Å². The number of rotatable bonds is 6. The molecule has 27 heavy (non-hydrogen) atoms. The smallest absolute Gasteiger partial charge is 0.240 e. The first-order valence-electron chi connectivity index (χ1n) is 7.60. The lowest BCUT2D eigenvalue weighted by molar-refractivity contribution is 0.579. The zero-order chi connectivity index (χ0) is 19.4. The molecule has 1 heterocycles. The van der Waals surface area contributed by atoms with Crippen molar-refractivity contribution in [2.24, 2.45) is 10.2 Å². The van der Waals surface area contributed by atoms with Crippen LogP contribution < -0.4 is 10.5 Å². The van der Waals surface area contributed by atoms with E-state index in [0.29, 0.717) is 0 Å². The standard InChI is InChI=1S/C16H14F2N6O2S/c17-10-4-6-13(7-5-10)27(25,26)20-9-14-15(16(19)24-22-14)23-21-12-3-1-2-11(18)8-12/h1-8,20H,9H2,(H3,19,22,24). The molecule has 0 amide bonds. The number of nitrogens with zero attached hydrogens (tertiary/aromatic N) is 3. The van der Waals surface area contributed by atoms with E-state index in [1.54, 1.807) is 6.07 Å². The molecule has 3 rings (SSSR count). The van der Waals surface area contributed by atoms with E-state index < -0.39 is 21.7 Å². The summed E-state index contributed by atoms with van der Waals surface area (Å²) in [5, 5.41) is 14.1. The van der Waals surface area contributed by atoms with Crippen molar-refractivity contribution in [2.75, 3.05) is 5.73 Å². The Morgan fingerprint density at radius 1 is 1.07 bits per heavy atom. The van der Waals surface area contributed by atoms with Crippen LogP contribution in [0.4, 0.5) is 26.0 Å². The van der Waals surface area contributed by atoms with Gasteiger partial charge in [-0.1, -0.05) is 6.07 Å². The Bertz CT molecular complexity index is 1080. The fraction of sp³-hybridized carbons (Fsp3) is 0.0625. The number of azo groups is 1. The summed E-state index contributed by atoms with van der Waals surface area (Å²) in [5.74, 6) is -1.01. The van der Waals surface area contributed by atoms with E-state index in [-0.39, 0.29) is 34.3 Å². The van der Waals surface area contributed by atoms with E-state index in [9.17, 15) is 17.2 Å². The van der Waals surface area contributed by atoms with Crippen LogP contribution in [0.25, 0.3) is 0 Å². The first-order valence-corrected chi connectivity index (χ1v) is 9.09. The molecule has 0 bridgehead atoms. The summed E-state index contributed by atoms with van der Waals surface area (Å²) in [7, 11) is -3.88. The lowest BCUT2D eigenvalue weighted by Crippen LogP contribution is -2.23. The molecule has 0 spiro atoms. The van der Waals surface area contributed by atoms with Gasteiger partial charge in [-0.25, -0.2) is 21.9 Å². The third-order valence-electron chi connectivity index (χ3n) is 3.48. The van der Waals surface area contributed by atoms with Gasteiger partial charge in [0.15, 0.2) is 11.5 Å². The van der Waals surface area contributed by atoms with E-state index in [0.717, 1.165) is 24.3 Å². The number of benzene rings is 2. The maximum Gasteiger partial charge on any atom is 0.240 e. The molecule has 0 radical (unpaired) electrons. The molecule has 1 aromatic heterocycles. The van der Waals surface area contributed by atoms with Crippen LogP contribution in [0.5, 0.6) is 0 Å². The molecular formula is C16H14F2N6O2S. The molecule has 0 aliphatic heterocycles. The predicted molar refractivity (Wildman–Crippen MR) is 94.0 cm³/mol. The van der Waals surface area contributed by atoms with Crippen molar-refractivity contribution in [3.63, 3.8) is 0 Å². The third kappa shape index (κ3) is 4.51. The van der Waals surface area contributed by atoms with Crippen LogP contribution in [-0.2, 0) is 16.6 Å². The number of hydrogen-bond acceptors (Lipinski definition) is 6. The summed E-state index contributed by atoms with van der Waals surface area (Å²) in [5.41, 5.74) is 6.36. The number of H-pyrrole nitrogens is 1. The van der Waals surface area contributed by atoms with Gasteiger partial charge in [0.2, 0.25) is 10.0 Å². The minimum Gasteiger partial charge on any atom is -0.380 e. The lowest BCUT2D eigenvalue weighted by Gasteiger charge is -2.06. The average molecular weight is 392 g/mol. The number of aromatic amines is 1. The number of nitrogens with one attached hydrogen (secondary N) is 2. The van der Waals surface area contributed by atoms with E-state index >= 15 is 0 Å². The summed E-state index contributed by atoms with van der Waals surface area (Å²) in [6, 6.07) is 9.83. The van der Waals surface area contributed by atoms with E-state index in [4.69, 9.17) is 5.73 Å². The van der Waals surface area contributed by atoms with Gasteiger partial charge in [0.05, 0.1) is 22.8 Å². The molecule has 140 valence electrons. The van der Waals surface area contributed by atoms with Crippen LogP contribution in [0, 0.1) is 11.6 Å². The fourth-order valence-corrected chi connectivity index (χ4v) is 3.13. The monoisotopic (exact) mass is 392 g/mol. The van der Waals surface area contributed by atoms with Gasteiger partial charge in [-0.15, -0.1) is 5.11 Å². The van der Waals surface area contributed by atoms with Gasteiger partial charge in [-0.2, -0.15) is 10.2 Å². The molecular weight excluding hydrogens is 378 g/mol. The van der Waals surface area contributed by atoms with Crippen LogP contribution in [-0.4, -0.2) is 18.6 Å². The number of nitrogens with two attached hydrogens (primary N) is 1. The number of nitrogen functional groups attached to an aromatic ring is 1. The van der Waals surface area contributed by atoms with Gasteiger partial charge < -0.3 is 5.73 Å². The van der Waals surface area contributed by atoms with Crippen molar-refractivity contribution in [1.82, 2.24) is 14.9 Å². The Labute approximate surface area is 153 Å². The molecule has 0 fully saturated rings. The van der Waals surface area contributed by atoms with Crippen molar-refractivity contribution < 1.29 is 17.2 Å². The van der Waals surface area contributed by atoms with Gasteiger partial charge in [0.1, 0.15) is 11.6 Å². The molecule has 8 nitrogen and oxygen atoms in total. The lowest BCUT2D eigenvalue weighted by atomic mass is 10.3. The normalized spacial score (nSPS) is 11.9. The summed E-state index contributed by atoms with van der Waals surface area (Å²) in [6.45, 7) is -0.207. The van der Waals surface area contributed by atoms with Gasteiger partial charge in [0, 0.05) is 6.07 Å². The summed E-state index contributed by atoms with van der Waals surface area (Å²) in [6.07, 6.45) is 0. The molecule has 2 aromatic carbocycles. The second-order valence-electron chi connectivity index (χ2n) is 5.39. The van der Waals surface area contributed by atoms with Crippen molar-refractivity contribution in [2.45, 2.75) is 11.4 Å². The Morgan fingerprint density at radius 2 is 1.81 bits per heavy atom. The van der Waals surface area contributed by atoms with E-state index in [2.05, 4.69) is 25.1 Å². The summed E-state index contributed by atoms with van der Waals surface area (Å²) >= 11 is 0. The molecule has 11 heteroatoms. The highest BCUT2D eigenvalue weighted by Crippen LogP contribution is 2.27. The fourth-order valence-electron chi connectivity index (χ4n) is 2.13. The Kier molecular flexibility index (Phi) is 5.23. The average Bonchev–Trinajstić information content (AvgIpc) is 2.98. The molecule has 4 N–H and O–H groups in total. The van der Waals surface area contributed by atoms with Crippen LogP contribution in [0.1, 0.15) is 5.69 Å². The molecule has 0 saturated carbocycles. The second kappa shape index (κ2) is 7.60. The van der Waals surface area contributed by atoms with Gasteiger partial charge >= 0.3 is 0 Å². The molecule has 0 aliphatic carbocycles. The van der Waals surface area contributed by atoms with Crippen molar-refractivity contribution >= 4 is 27.2 Å². The number of anilines is 1. The zero-order valence-electron chi connectivity index (χ0n) is 13.7. The molecule has 0 aliphatic rings.